The minimum atomic E-state index is -0.129. The quantitative estimate of drug-likeness (QED) is 0.501. The summed E-state index contributed by atoms with van der Waals surface area (Å²) in [4.78, 5) is 10.9. The molecule has 0 saturated carbocycles. The zero-order valence-corrected chi connectivity index (χ0v) is 8.03. The van der Waals surface area contributed by atoms with Crippen molar-refractivity contribution in [2.24, 2.45) is 0 Å². The van der Waals surface area contributed by atoms with Gasteiger partial charge in [-0.3, -0.25) is 0 Å². The van der Waals surface area contributed by atoms with Gasteiger partial charge in [0.1, 0.15) is 0 Å². The first-order chi connectivity index (χ1) is 5.81. The SMILES string of the molecule is CCCNC(=O)NC/C=C/CCl. The first kappa shape index (κ1) is 11.3. The lowest BCUT2D eigenvalue weighted by atomic mass is 10.5. The van der Waals surface area contributed by atoms with Gasteiger partial charge in [0, 0.05) is 19.0 Å². The second-order valence-corrected chi connectivity index (χ2v) is 2.57. The van der Waals surface area contributed by atoms with Gasteiger partial charge in [0.05, 0.1) is 0 Å². The standard InChI is InChI=1S/C8H15ClN2O/c1-2-6-10-8(12)11-7-4-3-5-9/h3-4H,2,5-7H2,1H3,(H2,10,11,12)/b4-3+. The molecule has 2 N–H and O–H groups in total. The molecule has 0 aromatic heterocycles. The van der Waals surface area contributed by atoms with Crippen LogP contribution in [0.1, 0.15) is 13.3 Å². The molecule has 4 heteroatoms. The summed E-state index contributed by atoms with van der Waals surface area (Å²) in [5, 5.41) is 5.35. The fourth-order valence-corrected chi connectivity index (χ4v) is 0.725. The number of alkyl halides is 1. The fraction of sp³-hybridized carbons (Fsp3) is 0.625. The summed E-state index contributed by atoms with van der Waals surface area (Å²) in [6.07, 6.45) is 4.56. The van der Waals surface area contributed by atoms with Crippen molar-refractivity contribution in [1.29, 1.82) is 0 Å². The normalized spacial score (nSPS) is 10.2. The molecule has 0 rings (SSSR count). The molecular weight excluding hydrogens is 176 g/mol. The van der Waals surface area contributed by atoms with Crippen molar-refractivity contribution in [2.45, 2.75) is 13.3 Å². The minimum absolute atomic E-state index is 0.129. The maximum atomic E-state index is 10.9. The Balaban J connectivity index is 3.25. The lowest BCUT2D eigenvalue weighted by Crippen LogP contribution is -2.35. The number of rotatable bonds is 5. The third kappa shape index (κ3) is 7.41. The van der Waals surface area contributed by atoms with Gasteiger partial charge in [-0.15, -0.1) is 11.6 Å². The molecule has 0 atom stereocenters. The van der Waals surface area contributed by atoms with Gasteiger partial charge < -0.3 is 10.6 Å². The van der Waals surface area contributed by atoms with Crippen LogP contribution >= 0.6 is 11.6 Å². The van der Waals surface area contributed by atoms with E-state index in [0.717, 1.165) is 6.42 Å². The molecule has 3 nitrogen and oxygen atoms in total. The van der Waals surface area contributed by atoms with E-state index in [1.807, 2.05) is 13.0 Å². The highest BCUT2D eigenvalue weighted by Crippen LogP contribution is 1.76. The van der Waals surface area contributed by atoms with Crippen LogP contribution in [0.25, 0.3) is 0 Å². The lowest BCUT2D eigenvalue weighted by Gasteiger charge is -2.02. The van der Waals surface area contributed by atoms with Gasteiger partial charge in [-0.05, 0) is 6.42 Å². The van der Waals surface area contributed by atoms with E-state index in [1.165, 1.54) is 0 Å². The van der Waals surface area contributed by atoms with Crippen LogP contribution < -0.4 is 10.6 Å². The van der Waals surface area contributed by atoms with Gasteiger partial charge in [-0.1, -0.05) is 19.1 Å². The third-order valence-corrected chi connectivity index (χ3v) is 1.35. The topological polar surface area (TPSA) is 41.1 Å². The molecule has 0 spiro atoms. The van der Waals surface area contributed by atoms with Crippen LogP contribution in [-0.4, -0.2) is 25.0 Å². The number of hydrogen-bond acceptors (Lipinski definition) is 1. The summed E-state index contributed by atoms with van der Waals surface area (Å²) in [5.74, 6) is 0.484. The fourth-order valence-electron chi connectivity index (χ4n) is 0.599. The predicted molar refractivity (Wildman–Crippen MR) is 51.6 cm³/mol. The first-order valence-corrected chi connectivity index (χ1v) is 4.57. The third-order valence-electron chi connectivity index (χ3n) is 1.17. The Morgan fingerprint density at radius 3 is 2.75 bits per heavy atom. The Kier molecular flexibility index (Phi) is 7.91. The largest absolute Gasteiger partial charge is 0.338 e. The van der Waals surface area contributed by atoms with Crippen LogP contribution in [0.15, 0.2) is 12.2 Å². The average Bonchev–Trinajstić information content (AvgIpc) is 2.09. The molecule has 0 saturated heterocycles. The number of amides is 2. The van der Waals surface area contributed by atoms with Gasteiger partial charge in [-0.25, -0.2) is 4.79 Å². The van der Waals surface area contributed by atoms with Crippen molar-refractivity contribution in [3.8, 4) is 0 Å². The predicted octanol–water partition coefficient (Wildman–Crippen LogP) is 1.49. The molecule has 0 heterocycles. The van der Waals surface area contributed by atoms with E-state index in [4.69, 9.17) is 11.6 Å². The number of nitrogens with one attached hydrogen (secondary N) is 2. The number of halogens is 1. The Morgan fingerprint density at radius 1 is 1.42 bits per heavy atom. The summed E-state index contributed by atoms with van der Waals surface area (Å²) in [6, 6.07) is -0.129. The zero-order chi connectivity index (χ0) is 9.23. The van der Waals surface area contributed by atoms with E-state index in [2.05, 4.69) is 10.6 Å². The molecule has 0 aliphatic carbocycles. The molecule has 0 aromatic carbocycles. The summed E-state index contributed by atoms with van der Waals surface area (Å²) in [6.45, 7) is 3.25. The monoisotopic (exact) mass is 190 g/mol. The van der Waals surface area contributed by atoms with E-state index in [1.54, 1.807) is 6.08 Å². The van der Waals surface area contributed by atoms with Crippen LogP contribution in [0.4, 0.5) is 4.79 Å². The second-order valence-electron chi connectivity index (χ2n) is 2.26. The van der Waals surface area contributed by atoms with Crippen molar-refractivity contribution < 1.29 is 4.79 Å². The molecule has 0 radical (unpaired) electrons. The maximum Gasteiger partial charge on any atom is 0.315 e. The van der Waals surface area contributed by atoms with Gasteiger partial charge in [0.25, 0.3) is 0 Å². The molecule has 2 amide bonds. The molecule has 0 aliphatic heterocycles. The van der Waals surface area contributed by atoms with E-state index < -0.39 is 0 Å². The molecule has 0 fully saturated rings. The number of carbonyl (C=O) groups is 1. The summed E-state index contributed by atoms with van der Waals surface area (Å²) < 4.78 is 0. The van der Waals surface area contributed by atoms with Crippen LogP contribution in [0.3, 0.4) is 0 Å². The van der Waals surface area contributed by atoms with Crippen molar-refractivity contribution in [3.63, 3.8) is 0 Å². The molecule has 12 heavy (non-hydrogen) atoms. The van der Waals surface area contributed by atoms with Crippen LogP contribution in [0.5, 0.6) is 0 Å². The smallest absolute Gasteiger partial charge is 0.315 e. The zero-order valence-electron chi connectivity index (χ0n) is 7.27. The van der Waals surface area contributed by atoms with Crippen molar-refractivity contribution in [2.75, 3.05) is 19.0 Å². The van der Waals surface area contributed by atoms with Gasteiger partial charge in [0.15, 0.2) is 0 Å². The number of urea groups is 1. The molecule has 0 aromatic rings. The van der Waals surface area contributed by atoms with Gasteiger partial charge in [-0.2, -0.15) is 0 Å². The molecule has 0 unspecified atom stereocenters. The van der Waals surface area contributed by atoms with Gasteiger partial charge in [0.2, 0.25) is 0 Å². The first-order valence-electron chi connectivity index (χ1n) is 4.04. The number of carbonyl (C=O) groups excluding carboxylic acids is 1. The highest BCUT2D eigenvalue weighted by molar-refractivity contribution is 6.18. The highest BCUT2D eigenvalue weighted by Gasteiger charge is 1.93. The highest BCUT2D eigenvalue weighted by atomic mass is 35.5. The van der Waals surface area contributed by atoms with Crippen molar-refractivity contribution in [1.82, 2.24) is 10.6 Å². The minimum Gasteiger partial charge on any atom is -0.338 e. The van der Waals surface area contributed by atoms with E-state index in [-0.39, 0.29) is 6.03 Å². The van der Waals surface area contributed by atoms with Crippen LogP contribution in [0.2, 0.25) is 0 Å². The molecular formula is C8H15ClN2O. The maximum absolute atomic E-state index is 10.9. The summed E-state index contributed by atoms with van der Waals surface area (Å²) in [7, 11) is 0. The summed E-state index contributed by atoms with van der Waals surface area (Å²) >= 11 is 5.39. The van der Waals surface area contributed by atoms with Crippen molar-refractivity contribution in [3.05, 3.63) is 12.2 Å². The molecule has 0 bridgehead atoms. The van der Waals surface area contributed by atoms with Crippen molar-refractivity contribution >= 4 is 17.6 Å². The Morgan fingerprint density at radius 2 is 2.17 bits per heavy atom. The average molecular weight is 191 g/mol. The van der Waals surface area contributed by atoms with E-state index >= 15 is 0 Å². The second kappa shape index (κ2) is 8.40. The Labute approximate surface area is 78.2 Å². The Hall–Kier alpha value is -0.700. The van der Waals surface area contributed by atoms with Crippen LogP contribution in [0, 0.1) is 0 Å². The van der Waals surface area contributed by atoms with E-state index in [0.29, 0.717) is 19.0 Å². The number of allylic oxidation sites excluding steroid dienone is 1. The van der Waals surface area contributed by atoms with Gasteiger partial charge >= 0.3 is 6.03 Å². The Bertz CT molecular complexity index is 148. The summed E-state index contributed by atoms with van der Waals surface area (Å²) in [5.41, 5.74) is 0. The van der Waals surface area contributed by atoms with Crippen LogP contribution in [-0.2, 0) is 0 Å². The molecule has 70 valence electrons. The number of hydrogen-bond donors (Lipinski definition) is 2. The van der Waals surface area contributed by atoms with E-state index in [9.17, 15) is 4.79 Å². The lowest BCUT2D eigenvalue weighted by molar-refractivity contribution is 0.242. The molecule has 0 aliphatic rings.